The number of amides is 3. The average molecular weight is 440 g/mol. The second kappa shape index (κ2) is 10.9. The Morgan fingerprint density at radius 1 is 0.903 bits per heavy atom. The lowest BCUT2D eigenvalue weighted by Gasteiger charge is -2.08. The Hall–Kier alpha value is -3.73. The van der Waals surface area contributed by atoms with Gasteiger partial charge in [-0.15, -0.1) is 5.10 Å². The highest BCUT2D eigenvalue weighted by atomic mass is 32.2. The molecular formula is C20H21N7O3S. The molecule has 3 rings (SSSR count). The predicted octanol–water partition coefficient (Wildman–Crippen LogP) is 1.10. The largest absolute Gasteiger partial charge is 0.350 e. The van der Waals surface area contributed by atoms with Gasteiger partial charge in [0, 0.05) is 37.0 Å². The summed E-state index contributed by atoms with van der Waals surface area (Å²) in [5.74, 6) is -0.509. The Morgan fingerprint density at radius 2 is 1.52 bits per heavy atom. The Balaban J connectivity index is 1.38. The number of aromatic nitrogens is 4. The van der Waals surface area contributed by atoms with Gasteiger partial charge in [0.05, 0.1) is 5.75 Å². The number of anilines is 1. The number of nitrogens with one attached hydrogen (secondary N) is 3. The van der Waals surface area contributed by atoms with Crippen LogP contribution in [0.3, 0.4) is 0 Å². The first-order chi connectivity index (χ1) is 15.0. The quantitative estimate of drug-likeness (QED) is 0.336. The van der Waals surface area contributed by atoms with Crippen molar-refractivity contribution >= 4 is 35.2 Å². The van der Waals surface area contributed by atoms with Gasteiger partial charge in [-0.1, -0.05) is 30.0 Å². The molecule has 0 aliphatic rings. The van der Waals surface area contributed by atoms with Crippen molar-refractivity contribution in [3.05, 3.63) is 65.7 Å². The van der Waals surface area contributed by atoms with Crippen molar-refractivity contribution in [1.82, 2.24) is 30.8 Å². The van der Waals surface area contributed by atoms with Gasteiger partial charge >= 0.3 is 0 Å². The zero-order chi connectivity index (χ0) is 22.1. The number of thioether (sulfide) groups is 1. The molecule has 0 saturated carbocycles. The smallest absolute Gasteiger partial charge is 0.251 e. The van der Waals surface area contributed by atoms with Crippen LogP contribution in [0.5, 0.6) is 0 Å². The highest BCUT2D eigenvalue weighted by Crippen LogP contribution is 2.14. The van der Waals surface area contributed by atoms with Crippen molar-refractivity contribution in [3.8, 4) is 0 Å². The highest BCUT2D eigenvalue weighted by Gasteiger charge is 2.10. The number of aryl methyl sites for hydroxylation is 1. The maximum atomic E-state index is 12.2. The van der Waals surface area contributed by atoms with Gasteiger partial charge in [0.25, 0.3) is 11.8 Å². The molecule has 3 amide bonds. The monoisotopic (exact) mass is 439 g/mol. The predicted molar refractivity (Wildman–Crippen MR) is 116 cm³/mol. The van der Waals surface area contributed by atoms with E-state index in [1.54, 1.807) is 55.6 Å². The lowest BCUT2D eigenvalue weighted by molar-refractivity contribution is -0.113. The topological polar surface area (TPSA) is 131 Å². The SMILES string of the molecule is Cn1nnnc1SCC(=O)Nc1ccc(C(=O)NCCNC(=O)c2ccccc2)cc1. The molecule has 0 unspecified atom stereocenters. The fraction of sp³-hybridized carbons (Fsp3) is 0.200. The molecule has 1 heterocycles. The summed E-state index contributed by atoms with van der Waals surface area (Å²) in [6, 6.07) is 15.4. The molecule has 0 aliphatic heterocycles. The van der Waals surface area contributed by atoms with Gasteiger partial charge in [0.15, 0.2) is 0 Å². The van der Waals surface area contributed by atoms with E-state index in [1.165, 1.54) is 16.4 Å². The van der Waals surface area contributed by atoms with E-state index < -0.39 is 0 Å². The van der Waals surface area contributed by atoms with Crippen LogP contribution < -0.4 is 16.0 Å². The number of rotatable bonds is 9. The van der Waals surface area contributed by atoms with Crippen LogP contribution in [0.1, 0.15) is 20.7 Å². The summed E-state index contributed by atoms with van der Waals surface area (Å²) in [7, 11) is 1.70. The van der Waals surface area contributed by atoms with Crippen LogP contribution in [0.2, 0.25) is 0 Å². The van der Waals surface area contributed by atoms with E-state index in [9.17, 15) is 14.4 Å². The first kappa shape index (κ1) is 22.0. The second-order valence-corrected chi connectivity index (χ2v) is 7.32. The van der Waals surface area contributed by atoms with Crippen LogP contribution in [-0.4, -0.2) is 56.8 Å². The lowest BCUT2D eigenvalue weighted by Crippen LogP contribution is -2.34. The summed E-state index contributed by atoms with van der Waals surface area (Å²) >= 11 is 1.22. The molecule has 31 heavy (non-hydrogen) atoms. The van der Waals surface area contributed by atoms with Gasteiger partial charge in [-0.05, 0) is 46.8 Å². The van der Waals surface area contributed by atoms with Crippen LogP contribution in [0.15, 0.2) is 59.8 Å². The molecule has 3 aromatic rings. The normalized spacial score (nSPS) is 10.4. The van der Waals surface area contributed by atoms with E-state index in [0.717, 1.165) is 0 Å². The molecule has 0 saturated heterocycles. The highest BCUT2D eigenvalue weighted by molar-refractivity contribution is 7.99. The van der Waals surface area contributed by atoms with E-state index >= 15 is 0 Å². The minimum Gasteiger partial charge on any atom is -0.350 e. The summed E-state index contributed by atoms with van der Waals surface area (Å²) < 4.78 is 1.48. The summed E-state index contributed by atoms with van der Waals surface area (Å²) in [5, 5.41) is 19.8. The number of benzene rings is 2. The molecule has 2 aromatic carbocycles. The maximum Gasteiger partial charge on any atom is 0.251 e. The van der Waals surface area contributed by atoms with E-state index in [2.05, 4.69) is 31.5 Å². The molecule has 0 radical (unpaired) electrons. The van der Waals surface area contributed by atoms with Crippen molar-refractivity contribution in [3.63, 3.8) is 0 Å². The van der Waals surface area contributed by atoms with Gasteiger partial charge in [0.1, 0.15) is 0 Å². The van der Waals surface area contributed by atoms with Gasteiger partial charge in [-0.3, -0.25) is 14.4 Å². The third-order valence-corrected chi connectivity index (χ3v) is 5.09. The lowest BCUT2D eigenvalue weighted by atomic mass is 10.2. The number of tetrazole rings is 1. The van der Waals surface area contributed by atoms with Crippen LogP contribution in [0, 0.1) is 0 Å². The number of hydrogen-bond acceptors (Lipinski definition) is 7. The Morgan fingerprint density at radius 3 is 2.10 bits per heavy atom. The van der Waals surface area contributed by atoms with Gasteiger partial charge in [-0.2, -0.15) is 0 Å². The molecule has 3 N–H and O–H groups in total. The zero-order valence-corrected chi connectivity index (χ0v) is 17.6. The maximum absolute atomic E-state index is 12.2. The standard InChI is InChI=1S/C20H21N7O3S/c1-27-20(24-25-26-27)31-13-17(28)23-16-9-7-15(8-10-16)19(30)22-12-11-21-18(29)14-5-3-2-4-6-14/h2-10H,11-13H2,1H3,(H,21,29)(H,22,30)(H,23,28). The van der Waals surface area contributed by atoms with Crippen molar-refractivity contribution in [1.29, 1.82) is 0 Å². The van der Waals surface area contributed by atoms with Crippen LogP contribution in [-0.2, 0) is 11.8 Å². The fourth-order valence-electron chi connectivity index (χ4n) is 2.52. The second-order valence-electron chi connectivity index (χ2n) is 6.38. The van der Waals surface area contributed by atoms with Crippen molar-refractivity contribution in [2.24, 2.45) is 7.05 Å². The first-order valence-electron chi connectivity index (χ1n) is 9.39. The van der Waals surface area contributed by atoms with Gasteiger partial charge in [-0.25, -0.2) is 4.68 Å². The van der Waals surface area contributed by atoms with E-state index in [4.69, 9.17) is 0 Å². The molecule has 0 fully saturated rings. The summed E-state index contributed by atoms with van der Waals surface area (Å²) in [5.41, 5.74) is 1.60. The average Bonchev–Trinajstić information content (AvgIpc) is 3.20. The minimum absolute atomic E-state index is 0.158. The number of nitrogens with zero attached hydrogens (tertiary/aromatic N) is 4. The molecule has 1 aromatic heterocycles. The summed E-state index contributed by atoms with van der Waals surface area (Å²) in [4.78, 5) is 36.2. The molecule has 160 valence electrons. The van der Waals surface area contributed by atoms with Gasteiger partial charge in [0.2, 0.25) is 11.1 Å². The van der Waals surface area contributed by atoms with Crippen LogP contribution in [0.25, 0.3) is 0 Å². The molecule has 0 bridgehead atoms. The fourth-order valence-corrected chi connectivity index (χ4v) is 3.17. The Bertz CT molecular complexity index is 1040. The molecule has 11 heteroatoms. The van der Waals surface area contributed by atoms with Crippen molar-refractivity contribution in [2.75, 3.05) is 24.2 Å². The number of carbonyl (C=O) groups is 3. The molecule has 10 nitrogen and oxygen atoms in total. The molecule has 0 atom stereocenters. The van der Waals surface area contributed by atoms with E-state index in [1.807, 2.05) is 6.07 Å². The Labute approximate surface area is 182 Å². The van der Waals surface area contributed by atoms with E-state index in [-0.39, 0.29) is 23.5 Å². The van der Waals surface area contributed by atoms with Crippen LogP contribution >= 0.6 is 11.8 Å². The first-order valence-corrected chi connectivity index (χ1v) is 10.4. The van der Waals surface area contributed by atoms with Crippen LogP contribution in [0.4, 0.5) is 5.69 Å². The summed E-state index contributed by atoms with van der Waals surface area (Å²) in [6.07, 6.45) is 0. The van der Waals surface area contributed by atoms with Crippen molar-refractivity contribution < 1.29 is 14.4 Å². The molecular weight excluding hydrogens is 418 g/mol. The molecule has 0 spiro atoms. The number of carbonyl (C=O) groups excluding carboxylic acids is 3. The van der Waals surface area contributed by atoms with E-state index in [0.29, 0.717) is 35.1 Å². The zero-order valence-electron chi connectivity index (χ0n) is 16.7. The van der Waals surface area contributed by atoms with Gasteiger partial charge < -0.3 is 16.0 Å². The third kappa shape index (κ3) is 6.64. The minimum atomic E-state index is -0.267. The third-order valence-electron chi connectivity index (χ3n) is 4.08. The number of hydrogen-bond donors (Lipinski definition) is 3. The van der Waals surface area contributed by atoms with Crippen molar-refractivity contribution in [2.45, 2.75) is 5.16 Å². The Kier molecular flexibility index (Phi) is 7.71. The molecule has 0 aliphatic carbocycles. The summed E-state index contributed by atoms with van der Waals surface area (Å²) in [6.45, 7) is 0.607.